The Bertz CT molecular complexity index is 1100. The van der Waals surface area contributed by atoms with Gasteiger partial charge in [0, 0.05) is 18.1 Å². The topological polar surface area (TPSA) is 104 Å². The van der Waals surface area contributed by atoms with Crippen LogP contribution < -0.4 is 16.2 Å². The van der Waals surface area contributed by atoms with Crippen molar-refractivity contribution >= 4 is 45.9 Å². The second-order valence-corrected chi connectivity index (χ2v) is 6.76. The minimum absolute atomic E-state index is 0.0570. The Morgan fingerprint density at radius 2 is 1.71 bits per heavy atom. The molecule has 2 aromatic carbocycles. The Labute approximate surface area is 170 Å². The molecule has 0 atom stereocenters. The van der Waals surface area contributed by atoms with Crippen LogP contribution in [0.3, 0.4) is 0 Å². The maximum Gasteiger partial charge on any atom is 0.287 e. The first-order valence-electron chi connectivity index (χ1n) is 8.46. The molecule has 1 aromatic heterocycles. The van der Waals surface area contributed by atoms with Gasteiger partial charge in [-0.2, -0.15) is 0 Å². The van der Waals surface area contributed by atoms with Crippen LogP contribution in [0.5, 0.6) is 0 Å². The van der Waals surface area contributed by atoms with Gasteiger partial charge in [-0.1, -0.05) is 35.3 Å². The molecule has 0 unspecified atom stereocenters. The standard InChI is InChI=1S/C19H16Cl2N4O3/c20-11-6-7-14(21)13(10-11)17(26)22-8-3-9-23-19(28)16-24-15-5-2-1-4-12(15)18(27)25-16/h1-2,4-7,10H,3,8-9H2,(H,22,26)(H,23,28)(H,24,25,27). The zero-order valence-electron chi connectivity index (χ0n) is 14.6. The smallest absolute Gasteiger partial charge is 0.287 e. The molecular formula is C19H16Cl2N4O3. The molecule has 28 heavy (non-hydrogen) atoms. The van der Waals surface area contributed by atoms with Crippen molar-refractivity contribution in [1.82, 2.24) is 20.6 Å². The van der Waals surface area contributed by atoms with Crippen molar-refractivity contribution in [3.8, 4) is 0 Å². The maximum atomic E-state index is 12.2. The summed E-state index contributed by atoms with van der Waals surface area (Å²) in [5.74, 6) is -0.898. The molecule has 3 rings (SSSR count). The molecule has 7 nitrogen and oxygen atoms in total. The average molecular weight is 419 g/mol. The summed E-state index contributed by atoms with van der Waals surface area (Å²) in [5, 5.41) is 6.50. The fourth-order valence-corrected chi connectivity index (χ4v) is 2.91. The fraction of sp³-hybridized carbons (Fsp3) is 0.158. The number of para-hydroxylation sites is 1. The first-order valence-corrected chi connectivity index (χ1v) is 9.22. The highest BCUT2D eigenvalue weighted by atomic mass is 35.5. The molecule has 0 radical (unpaired) electrons. The molecule has 0 bridgehead atoms. The van der Waals surface area contributed by atoms with Crippen molar-refractivity contribution in [3.63, 3.8) is 0 Å². The van der Waals surface area contributed by atoms with Gasteiger partial charge in [-0.15, -0.1) is 0 Å². The van der Waals surface area contributed by atoms with Crippen LogP contribution in [-0.2, 0) is 0 Å². The van der Waals surface area contributed by atoms with Crippen LogP contribution in [0.25, 0.3) is 10.9 Å². The van der Waals surface area contributed by atoms with E-state index in [1.54, 1.807) is 36.4 Å². The number of aromatic amines is 1. The van der Waals surface area contributed by atoms with E-state index in [0.717, 1.165) is 0 Å². The number of hydrogen-bond donors (Lipinski definition) is 3. The average Bonchev–Trinajstić information content (AvgIpc) is 2.69. The number of fused-ring (bicyclic) bond motifs is 1. The SMILES string of the molecule is O=C(NCCCNC(=O)c1cc(Cl)ccc1Cl)c1nc2ccccc2c(=O)[nH]1. The van der Waals surface area contributed by atoms with Crippen molar-refractivity contribution in [1.29, 1.82) is 0 Å². The molecule has 0 spiro atoms. The molecule has 3 aromatic rings. The van der Waals surface area contributed by atoms with Gasteiger partial charge >= 0.3 is 0 Å². The number of nitrogens with one attached hydrogen (secondary N) is 3. The van der Waals surface area contributed by atoms with E-state index in [1.165, 1.54) is 6.07 Å². The molecule has 9 heteroatoms. The summed E-state index contributed by atoms with van der Waals surface area (Å²) in [6, 6.07) is 11.4. The van der Waals surface area contributed by atoms with Gasteiger partial charge < -0.3 is 15.6 Å². The summed E-state index contributed by atoms with van der Waals surface area (Å²) in [6.07, 6.45) is 0.480. The van der Waals surface area contributed by atoms with Gasteiger partial charge in [0.25, 0.3) is 17.4 Å². The third-order valence-electron chi connectivity index (χ3n) is 3.93. The van der Waals surface area contributed by atoms with Crippen molar-refractivity contribution in [3.05, 3.63) is 74.3 Å². The molecule has 0 aliphatic heterocycles. The van der Waals surface area contributed by atoms with E-state index in [2.05, 4.69) is 20.6 Å². The van der Waals surface area contributed by atoms with Crippen LogP contribution in [-0.4, -0.2) is 34.9 Å². The number of carbonyl (C=O) groups excluding carboxylic acids is 2. The number of carbonyl (C=O) groups is 2. The summed E-state index contributed by atoms with van der Waals surface area (Å²) in [5.41, 5.74) is 0.361. The normalized spacial score (nSPS) is 10.6. The molecule has 0 saturated heterocycles. The quantitative estimate of drug-likeness (QED) is 0.535. The van der Waals surface area contributed by atoms with Gasteiger partial charge in [-0.25, -0.2) is 4.98 Å². The van der Waals surface area contributed by atoms with Gasteiger partial charge in [0.2, 0.25) is 0 Å². The Balaban J connectivity index is 1.50. The third kappa shape index (κ3) is 4.68. The summed E-state index contributed by atoms with van der Waals surface area (Å²) in [7, 11) is 0. The van der Waals surface area contributed by atoms with Crippen molar-refractivity contribution in [2.75, 3.05) is 13.1 Å². The maximum absolute atomic E-state index is 12.2. The van der Waals surface area contributed by atoms with E-state index in [-0.39, 0.29) is 22.9 Å². The number of rotatable bonds is 6. The molecule has 0 aliphatic rings. The summed E-state index contributed by atoms with van der Waals surface area (Å²) in [6.45, 7) is 0.614. The van der Waals surface area contributed by atoms with Crippen LogP contribution in [0.15, 0.2) is 47.3 Å². The first-order chi connectivity index (χ1) is 13.5. The molecule has 2 amide bonds. The fourth-order valence-electron chi connectivity index (χ4n) is 2.54. The predicted molar refractivity (Wildman–Crippen MR) is 108 cm³/mol. The monoisotopic (exact) mass is 418 g/mol. The third-order valence-corrected chi connectivity index (χ3v) is 4.49. The van der Waals surface area contributed by atoms with Crippen molar-refractivity contribution in [2.45, 2.75) is 6.42 Å². The minimum atomic E-state index is -0.493. The van der Waals surface area contributed by atoms with Crippen LogP contribution in [0, 0.1) is 0 Å². The van der Waals surface area contributed by atoms with E-state index in [0.29, 0.717) is 40.5 Å². The lowest BCUT2D eigenvalue weighted by Gasteiger charge is -2.08. The number of amides is 2. The summed E-state index contributed by atoms with van der Waals surface area (Å²) < 4.78 is 0. The number of H-pyrrole nitrogens is 1. The second kappa shape index (κ2) is 8.86. The van der Waals surface area contributed by atoms with Crippen molar-refractivity contribution < 1.29 is 9.59 Å². The van der Waals surface area contributed by atoms with Gasteiger partial charge in [0.1, 0.15) is 0 Å². The largest absolute Gasteiger partial charge is 0.352 e. The van der Waals surface area contributed by atoms with Gasteiger partial charge in [0.15, 0.2) is 5.82 Å². The zero-order chi connectivity index (χ0) is 20.1. The van der Waals surface area contributed by atoms with Gasteiger partial charge in [-0.05, 0) is 36.8 Å². The Morgan fingerprint density at radius 3 is 2.50 bits per heavy atom. The lowest BCUT2D eigenvalue weighted by atomic mass is 10.2. The Kier molecular flexibility index (Phi) is 6.28. The highest BCUT2D eigenvalue weighted by molar-refractivity contribution is 6.35. The van der Waals surface area contributed by atoms with E-state index in [4.69, 9.17) is 23.2 Å². The molecule has 0 saturated carbocycles. The van der Waals surface area contributed by atoms with E-state index in [1.807, 2.05) is 0 Å². The van der Waals surface area contributed by atoms with Crippen LogP contribution in [0.2, 0.25) is 10.0 Å². The van der Waals surface area contributed by atoms with Crippen molar-refractivity contribution in [2.24, 2.45) is 0 Å². The Morgan fingerprint density at radius 1 is 1.00 bits per heavy atom. The second-order valence-electron chi connectivity index (χ2n) is 5.92. The molecule has 0 aliphatic carbocycles. The van der Waals surface area contributed by atoms with Crippen LogP contribution in [0.1, 0.15) is 27.4 Å². The Hall–Kier alpha value is -2.90. The highest BCUT2D eigenvalue weighted by Gasteiger charge is 2.12. The minimum Gasteiger partial charge on any atom is -0.352 e. The van der Waals surface area contributed by atoms with Crippen LogP contribution >= 0.6 is 23.2 Å². The molecule has 3 N–H and O–H groups in total. The van der Waals surface area contributed by atoms with Gasteiger partial charge in [0.05, 0.1) is 21.5 Å². The number of nitrogens with zero attached hydrogens (tertiary/aromatic N) is 1. The first kappa shape index (κ1) is 19.9. The number of halogens is 2. The number of aromatic nitrogens is 2. The zero-order valence-corrected chi connectivity index (χ0v) is 16.1. The molecule has 0 fully saturated rings. The molecular weight excluding hydrogens is 403 g/mol. The molecule has 1 heterocycles. The summed E-state index contributed by atoms with van der Waals surface area (Å²) >= 11 is 11.9. The summed E-state index contributed by atoms with van der Waals surface area (Å²) in [4.78, 5) is 42.9. The predicted octanol–water partition coefficient (Wildman–Crippen LogP) is 2.78. The van der Waals surface area contributed by atoms with E-state index < -0.39 is 5.91 Å². The lowest BCUT2D eigenvalue weighted by Crippen LogP contribution is -2.31. The van der Waals surface area contributed by atoms with E-state index in [9.17, 15) is 14.4 Å². The molecule has 144 valence electrons. The highest BCUT2D eigenvalue weighted by Crippen LogP contribution is 2.20. The van der Waals surface area contributed by atoms with E-state index >= 15 is 0 Å². The number of benzene rings is 2. The lowest BCUT2D eigenvalue weighted by molar-refractivity contribution is 0.0943. The van der Waals surface area contributed by atoms with Gasteiger partial charge in [-0.3, -0.25) is 14.4 Å². The van der Waals surface area contributed by atoms with Crippen LogP contribution in [0.4, 0.5) is 0 Å². The number of hydrogen-bond acceptors (Lipinski definition) is 4.